The highest BCUT2D eigenvalue weighted by Crippen LogP contribution is 2.21. The van der Waals surface area contributed by atoms with Gasteiger partial charge in [0, 0.05) is 25.4 Å². The Hall–Kier alpha value is -1.59. The number of hydrogen-bond donors (Lipinski definition) is 1. The molecule has 0 saturated carbocycles. The predicted molar refractivity (Wildman–Crippen MR) is 106 cm³/mol. The predicted octanol–water partition coefficient (Wildman–Crippen LogP) is 3.94. The van der Waals surface area contributed by atoms with Gasteiger partial charge in [0.1, 0.15) is 18.0 Å². The summed E-state index contributed by atoms with van der Waals surface area (Å²) in [6, 6.07) is 7.55. The smallest absolute Gasteiger partial charge is 0.256 e. The van der Waals surface area contributed by atoms with E-state index >= 15 is 0 Å². The summed E-state index contributed by atoms with van der Waals surface area (Å²) in [4.78, 5) is 14.9. The van der Waals surface area contributed by atoms with Crippen molar-refractivity contribution in [3.63, 3.8) is 0 Å². The van der Waals surface area contributed by atoms with Gasteiger partial charge >= 0.3 is 0 Å². The topological polar surface area (TPSA) is 50.8 Å². The first-order valence-corrected chi connectivity index (χ1v) is 9.87. The van der Waals surface area contributed by atoms with E-state index in [0.717, 1.165) is 23.9 Å². The molecule has 0 aromatic heterocycles. The number of rotatable bonds is 9. The zero-order valence-electron chi connectivity index (χ0n) is 16.7. The molecule has 1 fully saturated rings. The number of hydrogen-bond acceptors (Lipinski definition) is 4. The largest absolute Gasteiger partial charge is 0.492 e. The lowest BCUT2D eigenvalue weighted by atomic mass is 10.0. The number of carbonyl (C=O) groups is 1. The molecule has 1 N–H and O–H groups in total. The van der Waals surface area contributed by atoms with Gasteiger partial charge in [-0.25, -0.2) is 0 Å². The second-order valence-corrected chi connectivity index (χ2v) is 7.39. The van der Waals surface area contributed by atoms with Crippen LogP contribution in [0.5, 0.6) is 5.75 Å². The zero-order valence-corrected chi connectivity index (χ0v) is 16.7. The molecule has 146 valence electrons. The summed E-state index contributed by atoms with van der Waals surface area (Å²) < 4.78 is 11.5. The maximum absolute atomic E-state index is 12.4. The van der Waals surface area contributed by atoms with E-state index in [2.05, 4.69) is 17.1 Å². The normalized spacial score (nSPS) is 20.4. The van der Waals surface area contributed by atoms with E-state index in [4.69, 9.17) is 9.47 Å². The number of likely N-dealkylation sites (tertiary alicyclic amines) is 1. The van der Waals surface area contributed by atoms with Crippen LogP contribution in [-0.4, -0.2) is 49.3 Å². The quantitative estimate of drug-likeness (QED) is 0.723. The molecule has 5 heteroatoms. The maximum atomic E-state index is 12.4. The molecule has 1 aliphatic rings. The Balaban J connectivity index is 1.79. The van der Waals surface area contributed by atoms with Crippen molar-refractivity contribution in [2.45, 2.75) is 52.6 Å². The fourth-order valence-electron chi connectivity index (χ4n) is 3.33. The number of nitrogens with zero attached hydrogens (tertiary/aromatic N) is 1. The Morgan fingerprint density at radius 2 is 2.04 bits per heavy atom. The highest BCUT2D eigenvalue weighted by molar-refractivity contribution is 5.97. The summed E-state index contributed by atoms with van der Waals surface area (Å²) in [7, 11) is 0. The Morgan fingerprint density at radius 3 is 2.65 bits per heavy atom. The van der Waals surface area contributed by atoms with Crippen LogP contribution in [0.4, 0.5) is 5.69 Å². The first kappa shape index (κ1) is 20.7. The van der Waals surface area contributed by atoms with Crippen LogP contribution in [0.1, 0.15) is 47.0 Å². The molecular formula is C21H34N2O3. The third-order valence-electron chi connectivity index (χ3n) is 5.15. The molecule has 0 spiro atoms. The van der Waals surface area contributed by atoms with Crippen molar-refractivity contribution in [1.82, 2.24) is 4.90 Å². The van der Waals surface area contributed by atoms with Gasteiger partial charge in [-0.2, -0.15) is 0 Å². The molecule has 0 aliphatic carbocycles. The van der Waals surface area contributed by atoms with Crippen molar-refractivity contribution >= 4 is 11.6 Å². The van der Waals surface area contributed by atoms with Crippen LogP contribution in [0.15, 0.2) is 24.3 Å². The van der Waals surface area contributed by atoms with Gasteiger partial charge < -0.3 is 14.8 Å². The molecule has 2 rings (SSSR count). The molecule has 0 radical (unpaired) electrons. The second kappa shape index (κ2) is 9.93. The van der Waals surface area contributed by atoms with E-state index in [-0.39, 0.29) is 5.91 Å². The molecule has 1 aromatic rings. The van der Waals surface area contributed by atoms with Crippen LogP contribution in [0.25, 0.3) is 0 Å². The fourth-order valence-corrected chi connectivity index (χ4v) is 3.33. The van der Waals surface area contributed by atoms with Gasteiger partial charge in [-0.15, -0.1) is 0 Å². The average Bonchev–Trinajstić information content (AvgIpc) is 2.63. The lowest BCUT2D eigenvalue weighted by Gasteiger charge is -2.30. The number of anilines is 1. The van der Waals surface area contributed by atoms with Crippen LogP contribution >= 0.6 is 0 Å². The molecule has 1 heterocycles. The second-order valence-electron chi connectivity index (χ2n) is 7.39. The third kappa shape index (κ3) is 5.99. The number of nitrogens with one attached hydrogen (secondary N) is 1. The molecule has 26 heavy (non-hydrogen) atoms. The molecule has 0 unspecified atom stereocenters. The Labute approximate surface area is 158 Å². The van der Waals surface area contributed by atoms with Crippen molar-refractivity contribution in [3.8, 4) is 5.75 Å². The van der Waals surface area contributed by atoms with E-state index in [1.807, 2.05) is 45.0 Å². The van der Waals surface area contributed by atoms with Crippen LogP contribution in [-0.2, 0) is 9.53 Å². The van der Waals surface area contributed by atoms with Crippen LogP contribution in [0, 0.1) is 5.92 Å². The maximum Gasteiger partial charge on any atom is 0.256 e. The Morgan fingerprint density at radius 1 is 1.31 bits per heavy atom. The van der Waals surface area contributed by atoms with Crippen molar-refractivity contribution in [3.05, 3.63) is 24.3 Å². The zero-order chi connectivity index (χ0) is 19.0. The monoisotopic (exact) mass is 362 g/mol. The van der Waals surface area contributed by atoms with E-state index < -0.39 is 5.60 Å². The van der Waals surface area contributed by atoms with Crippen molar-refractivity contribution in [2.75, 3.05) is 38.2 Å². The SMILES string of the molecule is CCO[C@](C)(CC)C(=O)Nc1ccc(OCCN2CCC[C@@H](C)C2)cc1. The van der Waals surface area contributed by atoms with Crippen LogP contribution < -0.4 is 10.1 Å². The summed E-state index contributed by atoms with van der Waals surface area (Å²) in [5, 5.41) is 2.93. The molecule has 1 aliphatic heterocycles. The van der Waals surface area contributed by atoms with Gasteiger partial charge in [0.15, 0.2) is 0 Å². The average molecular weight is 363 g/mol. The number of amides is 1. The molecule has 2 atom stereocenters. The minimum atomic E-state index is -0.796. The summed E-state index contributed by atoms with van der Waals surface area (Å²) in [5.41, 5.74) is -0.0400. The Kier molecular flexibility index (Phi) is 7.91. The lowest BCUT2D eigenvalue weighted by molar-refractivity contribution is -0.139. The van der Waals surface area contributed by atoms with Gasteiger partial charge in [0.2, 0.25) is 0 Å². The minimum absolute atomic E-state index is 0.116. The van der Waals surface area contributed by atoms with Crippen molar-refractivity contribution in [2.24, 2.45) is 5.92 Å². The molecule has 5 nitrogen and oxygen atoms in total. The molecule has 0 bridgehead atoms. The minimum Gasteiger partial charge on any atom is -0.492 e. The van der Waals surface area contributed by atoms with Gasteiger partial charge in [-0.3, -0.25) is 9.69 Å². The van der Waals surface area contributed by atoms with Crippen LogP contribution in [0.2, 0.25) is 0 Å². The number of ether oxygens (including phenoxy) is 2. The molecule has 1 amide bonds. The highest BCUT2D eigenvalue weighted by Gasteiger charge is 2.31. The first-order chi connectivity index (χ1) is 12.5. The van der Waals surface area contributed by atoms with E-state index in [0.29, 0.717) is 19.6 Å². The first-order valence-electron chi connectivity index (χ1n) is 9.87. The third-order valence-corrected chi connectivity index (χ3v) is 5.15. The summed E-state index contributed by atoms with van der Waals surface area (Å²) in [6.07, 6.45) is 3.25. The van der Waals surface area contributed by atoms with Gasteiger partial charge in [0.25, 0.3) is 5.91 Å². The Bertz CT molecular complexity index is 561. The fraction of sp³-hybridized carbons (Fsp3) is 0.667. The number of benzene rings is 1. The van der Waals surface area contributed by atoms with E-state index in [9.17, 15) is 4.79 Å². The summed E-state index contributed by atoms with van der Waals surface area (Å²) in [5.74, 6) is 1.50. The molecular weight excluding hydrogens is 328 g/mol. The highest BCUT2D eigenvalue weighted by atomic mass is 16.5. The van der Waals surface area contributed by atoms with Crippen molar-refractivity contribution in [1.29, 1.82) is 0 Å². The summed E-state index contributed by atoms with van der Waals surface area (Å²) >= 11 is 0. The summed E-state index contributed by atoms with van der Waals surface area (Å²) in [6.45, 7) is 12.5. The van der Waals surface area contributed by atoms with E-state index in [1.165, 1.54) is 25.9 Å². The van der Waals surface area contributed by atoms with Gasteiger partial charge in [-0.05, 0) is 69.8 Å². The van der Waals surface area contributed by atoms with Gasteiger partial charge in [0.05, 0.1) is 0 Å². The van der Waals surface area contributed by atoms with Crippen molar-refractivity contribution < 1.29 is 14.3 Å². The van der Waals surface area contributed by atoms with Crippen LogP contribution in [0.3, 0.4) is 0 Å². The standard InChI is InChI=1S/C21H34N2O3/c1-5-21(4,26-6-2)20(24)22-18-9-11-19(12-10-18)25-15-14-23-13-7-8-17(3)16-23/h9-12,17H,5-8,13-16H2,1-4H3,(H,22,24)/t17-,21-/m1/s1. The number of piperidine rings is 1. The molecule has 1 aromatic carbocycles. The van der Waals surface area contributed by atoms with Gasteiger partial charge in [-0.1, -0.05) is 13.8 Å². The number of carbonyl (C=O) groups excluding carboxylic acids is 1. The molecule has 1 saturated heterocycles. The lowest BCUT2D eigenvalue weighted by Crippen LogP contribution is -2.42. The van der Waals surface area contributed by atoms with E-state index in [1.54, 1.807) is 0 Å².